The van der Waals surface area contributed by atoms with E-state index < -0.39 is 0 Å². The van der Waals surface area contributed by atoms with Gasteiger partial charge in [-0.25, -0.2) is 5.43 Å². The van der Waals surface area contributed by atoms with E-state index >= 15 is 0 Å². The van der Waals surface area contributed by atoms with Crippen molar-refractivity contribution in [3.05, 3.63) is 96.6 Å². The molecular formula is C22H18I2N2O2. The fourth-order valence-corrected chi connectivity index (χ4v) is 4.65. The monoisotopic (exact) mass is 596 g/mol. The smallest absolute Gasteiger partial charge is 0.244 e. The normalized spacial score (nSPS) is 10.8. The SMILES string of the molecule is O=C(Cc1ccccc1)N/N=C/c1cc(I)c(OCc2ccccc2)c(I)c1. The van der Waals surface area contributed by atoms with Crippen LogP contribution in [0.4, 0.5) is 0 Å². The topological polar surface area (TPSA) is 50.7 Å². The van der Waals surface area contributed by atoms with E-state index in [4.69, 9.17) is 4.74 Å². The summed E-state index contributed by atoms with van der Waals surface area (Å²) in [6, 6.07) is 23.6. The molecule has 0 bridgehead atoms. The standard InChI is InChI=1S/C22H18I2N2O2/c23-19-11-18(14-25-26-21(27)13-16-7-3-1-4-8-16)12-20(24)22(19)28-15-17-9-5-2-6-10-17/h1-12,14H,13,15H2,(H,26,27)/b25-14+. The number of benzene rings is 3. The van der Waals surface area contributed by atoms with Gasteiger partial charge < -0.3 is 4.74 Å². The third kappa shape index (κ3) is 6.30. The molecule has 0 saturated carbocycles. The van der Waals surface area contributed by atoms with Gasteiger partial charge >= 0.3 is 0 Å². The first kappa shape index (κ1) is 20.8. The average molecular weight is 596 g/mol. The molecule has 0 saturated heterocycles. The molecule has 0 fully saturated rings. The van der Waals surface area contributed by atoms with Crippen molar-refractivity contribution >= 4 is 57.3 Å². The molecule has 0 spiro atoms. The predicted molar refractivity (Wildman–Crippen MR) is 129 cm³/mol. The molecule has 4 nitrogen and oxygen atoms in total. The first-order chi connectivity index (χ1) is 13.6. The van der Waals surface area contributed by atoms with E-state index in [1.54, 1.807) is 6.21 Å². The lowest BCUT2D eigenvalue weighted by atomic mass is 10.1. The van der Waals surface area contributed by atoms with Crippen molar-refractivity contribution in [3.8, 4) is 5.75 Å². The van der Waals surface area contributed by atoms with Crippen LogP contribution < -0.4 is 10.2 Å². The second kappa shape index (κ2) is 10.6. The van der Waals surface area contributed by atoms with E-state index in [2.05, 4.69) is 55.7 Å². The summed E-state index contributed by atoms with van der Waals surface area (Å²) in [5, 5.41) is 4.07. The van der Waals surface area contributed by atoms with Crippen LogP contribution in [0.15, 0.2) is 77.9 Å². The maximum absolute atomic E-state index is 12.0. The average Bonchev–Trinajstić information content (AvgIpc) is 2.69. The molecule has 6 heteroatoms. The predicted octanol–water partition coefficient (Wildman–Crippen LogP) is 5.17. The first-order valence-electron chi connectivity index (χ1n) is 8.63. The zero-order chi connectivity index (χ0) is 19.8. The fourth-order valence-electron chi connectivity index (χ4n) is 2.52. The van der Waals surface area contributed by atoms with E-state index in [1.807, 2.05) is 72.8 Å². The molecule has 1 amide bonds. The number of nitrogens with one attached hydrogen (secondary N) is 1. The van der Waals surface area contributed by atoms with E-state index in [0.29, 0.717) is 13.0 Å². The van der Waals surface area contributed by atoms with Crippen LogP contribution in [0.1, 0.15) is 16.7 Å². The molecule has 1 N–H and O–H groups in total. The van der Waals surface area contributed by atoms with E-state index in [-0.39, 0.29) is 5.91 Å². The molecule has 0 heterocycles. The number of nitrogens with zero attached hydrogens (tertiary/aromatic N) is 1. The fraction of sp³-hybridized carbons (Fsp3) is 0.0909. The van der Waals surface area contributed by atoms with E-state index in [0.717, 1.165) is 29.6 Å². The Labute approximate surface area is 191 Å². The lowest BCUT2D eigenvalue weighted by Gasteiger charge is -2.11. The third-order valence-corrected chi connectivity index (χ3v) is 5.46. The van der Waals surface area contributed by atoms with Crippen molar-refractivity contribution in [1.82, 2.24) is 5.43 Å². The molecule has 3 rings (SSSR count). The number of hydrogen-bond donors (Lipinski definition) is 1. The first-order valence-corrected chi connectivity index (χ1v) is 10.8. The number of ether oxygens (including phenoxy) is 1. The molecule has 0 aliphatic rings. The maximum Gasteiger partial charge on any atom is 0.244 e. The van der Waals surface area contributed by atoms with Gasteiger partial charge in [-0.15, -0.1) is 0 Å². The summed E-state index contributed by atoms with van der Waals surface area (Å²) in [6.45, 7) is 0.524. The third-order valence-electron chi connectivity index (χ3n) is 3.86. The molecule has 3 aromatic rings. The van der Waals surface area contributed by atoms with Gasteiger partial charge in [0.25, 0.3) is 0 Å². The van der Waals surface area contributed by atoms with Crippen LogP contribution in [0, 0.1) is 7.14 Å². The van der Waals surface area contributed by atoms with E-state index in [9.17, 15) is 4.79 Å². The Morgan fingerprint density at radius 1 is 0.929 bits per heavy atom. The number of amides is 1. The highest BCUT2D eigenvalue weighted by Gasteiger charge is 2.09. The van der Waals surface area contributed by atoms with Crippen molar-refractivity contribution < 1.29 is 9.53 Å². The van der Waals surface area contributed by atoms with Crippen molar-refractivity contribution in [2.45, 2.75) is 13.0 Å². The van der Waals surface area contributed by atoms with Crippen molar-refractivity contribution in [2.75, 3.05) is 0 Å². The summed E-state index contributed by atoms with van der Waals surface area (Å²) in [6.07, 6.45) is 1.95. The minimum absolute atomic E-state index is 0.144. The van der Waals surface area contributed by atoms with Gasteiger partial charge in [-0.3, -0.25) is 4.79 Å². The van der Waals surface area contributed by atoms with Gasteiger partial charge in [-0.2, -0.15) is 5.10 Å². The molecule has 0 unspecified atom stereocenters. The molecule has 0 aliphatic heterocycles. The van der Waals surface area contributed by atoms with Crippen molar-refractivity contribution in [2.24, 2.45) is 5.10 Å². The molecule has 0 aromatic heterocycles. The van der Waals surface area contributed by atoms with Gasteiger partial charge in [0.2, 0.25) is 5.91 Å². The van der Waals surface area contributed by atoms with Gasteiger partial charge in [-0.1, -0.05) is 60.7 Å². The van der Waals surface area contributed by atoms with Crippen molar-refractivity contribution in [3.63, 3.8) is 0 Å². The number of rotatable bonds is 7. The Morgan fingerprint density at radius 3 is 2.11 bits per heavy atom. The number of carbonyl (C=O) groups excluding carboxylic acids is 1. The van der Waals surface area contributed by atoms with Crippen LogP contribution in [-0.2, 0) is 17.8 Å². The van der Waals surface area contributed by atoms with Gasteiger partial charge in [0, 0.05) is 0 Å². The Balaban J connectivity index is 1.58. The lowest BCUT2D eigenvalue weighted by Crippen LogP contribution is -2.19. The largest absolute Gasteiger partial charge is 0.487 e. The summed E-state index contributed by atoms with van der Waals surface area (Å²) in [5.41, 5.74) is 5.56. The van der Waals surface area contributed by atoms with Crippen LogP contribution in [-0.4, -0.2) is 12.1 Å². The molecule has 142 valence electrons. The maximum atomic E-state index is 12.0. The summed E-state index contributed by atoms with van der Waals surface area (Å²) >= 11 is 4.51. The second-order valence-corrected chi connectivity index (χ2v) is 8.37. The molecule has 0 radical (unpaired) electrons. The molecule has 0 aliphatic carbocycles. The van der Waals surface area contributed by atoms with Gasteiger partial charge in [0.15, 0.2) is 0 Å². The van der Waals surface area contributed by atoms with Gasteiger partial charge in [0.05, 0.1) is 19.8 Å². The van der Waals surface area contributed by atoms with Gasteiger partial charge in [-0.05, 0) is 74.0 Å². The van der Waals surface area contributed by atoms with Crippen LogP contribution >= 0.6 is 45.2 Å². The van der Waals surface area contributed by atoms with Gasteiger partial charge in [0.1, 0.15) is 12.4 Å². The summed E-state index contributed by atoms with van der Waals surface area (Å²) in [5.74, 6) is 0.713. The zero-order valence-corrected chi connectivity index (χ0v) is 19.3. The number of carbonyl (C=O) groups is 1. The number of hydrazone groups is 1. The Bertz CT molecular complexity index is 938. The van der Waals surface area contributed by atoms with Crippen LogP contribution in [0.5, 0.6) is 5.75 Å². The lowest BCUT2D eigenvalue weighted by molar-refractivity contribution is -0.120. The minimum atomic E-state index is -0.144. The molecule has 28 heavy (non-hydrogen) atoms. The van der Waals surface area contributed by atoms with Crippen LogP contribution in [0.2, 0.25) is 0 Å². The van der Waals surface area contributed by atoms with Crippen LogP contribution in [0.3, 0.4) is 0 Å². The summed E-state index contributed by atoms with van der Waals surface area (Å²) < 4.78 is 7.98. The van der Waals surface area contributed by atoms with Crippen molar-refractivity contribution in [1.29, 1.82) is 0 Å². The van der Waals surface area contributed by atoms with Crippen LogP contribution in [0.25, 0.3) is 0 Å². The number of halogens is 2. The molecule has 0 atom stereocenters. The Morgan fingerprint density at radius 2 is 1.50 bits per heavy atom. The highest BCUT2D eigenvalue weighted by atomic mass is 127. The highest BCUT2D eigenvalue weighted by molar-refractivity contribution is 14.1. The summed E-state index contributed by atoms with van der Waals surface area (Å²) in [7, 11) is 0. The zero-order valence-electron chi connectivity index (χ0n) is 14.9. The molecule has 3 aromatic carbocycles. The second-order valence-electron chi connectivity index (χ2n) is 6.04. The quantitative estimate of drug-likeness (QED) is 0.233. The minimum Gasteiger partial charge on any atom is -0.487 e. The highest BCUT2D eigenvalue weighted by Crippen LogP contribution is 2.29. The van der Waals surface area contributed by atoms with E-state index in [1.165, 1.54) is 0 Å². The summed E-state index contributed by atoms with van der Waals surface area (Å²) in [4.78, 5) is 12.0. The number of hydrogen-bond acceptors (Lipinski definition) is 3. The molecular weight excluding hydrogens is 578 g/mol. The Hall–Kier alpha value is -1.94. The Kier molecular flexibility index (Phi) is 7.84.